The van der Waals surface area contributed by atoms with Crippen molar-refractivity contribution in [1.29, 1.82) is 0 Å². The fourth-order valence-corrected chi connectivity index (χ4v) is 9.59. The third kappa shape index (κ3) is 15.7. The number of aliphatic hydroxyl groups is 1. The molecule has 3 aliphatic heterocycles. The van der Waals surface area contributed by atoms with Crippen LogP contribution in [0.15, 0.2) is 103 Å². The maximum Gasteiger partial charge on any atom is 3.00 e. The average Bonchev–Trinajstić information content (AvgIpc) is 3.96. The fraction of sp³-hybridized carbons (Fsp3) is 0.226. The molecule has 51 heavy (non-hydrogen) atoms. The van der Waals surface area contributed by atoms with Gasteiger partial charge in [0.2, 0.25) is 0 Å². The predicted octanol–water partition coefficient (Wildman–Crippen LogP) is 3.36. The standard InChI is InChI=1S/3C10H10N2O2S2.CH4O.Cr/c3*13-8-4-2-1-3-7(8)9(14)11-12-10-15-5-6-16-10;1-2;/h3*1-4,13H,5-6H2,(H,11,14);2H,1H3;/q;;;;+3/p-3. The van der Waals surface area contributed by atoms with Gasteiger partial charge in [0, 0.05) is 76.0 Å². The first-order valence-electron chi connectivity index (χ1n) is 14.4. The Bertz CT molecular complexity index is 1520. The molecule has 3 aromatic carbocycles. The van der Waals surface area contributed by atoms with Crippen LogP contribution in [0.2, 0.25) is 0 Å². The van der Waals surface area contributed by atoms with Gasteiger partial charge in [-0.05, 0) is 18.2 Å². The topological polar surface area (TPSA) is 224 Å². The largest absolute Gasteiger partial charge is 3.00 e. The molecule has 0 atom stereocenters. The first kappa shape index (κ1) is 44.2. The van der Waals surface area contributed by atoms with Gasteiger partial charge in [0.1, 0.15) is 17.2 Å². The molecule has 3 aliphatic rings. The Morgan fingerprint density at radius 1 is 0.451 bits per heavy atom. The first-order valence-corrected chi connectivity index (χ1v) is 20.3. The first-order chi connectivity index (χ1) is 24.3. The molecular formula is C31H31CrN6O7S6. The molecule has 269 valence electrons. The molecular weight excluding hydrogens is 813 g/mol. The van der Waals surface area contributed by atoms with E-state index in [1.165, 1.54) is 36.4 Å². The molecule has 0 spiro atoms. The minimum Gasteiger partial charge on any atom is -0.857 e. The van der Waals surface area contributed by atoms with Gasteiger partial charge < -0.3 is 35.7 Å². The van der Waals surface area contributed by atoms with Gasteiger partial charge in [-0.3, -0.25) is 0 Å². The summed E-state index contributed by atoms with van der Waals surface area (Å²) in [5, 5.41) is 92.3. The van der Waals surface area contributed by atoms with E-state index in [-0.39, 0.29) is 51.3 Å². The zero-order chi connectivity index (χ0) is 36.1. The molecule has 4 N–H and O–H groups in total. The Labute approximate surface area is 331 Å². The van der Waals surface area contributed by atoms with E-state index < -0.39 is 17.7 Å². The van der Waals surface area contributed by atoms with Crippen molar-refractivity contribution in [3.8, 4) is 17.2 Å². The summed E-state index contributed by atoms with van der Waals surface area (Å²) in [5.74, 6) is 4.28. The van der Waals surface area contributed by atoms with E-state index >= 15 is 0 Å². The maximum atomic E-state index is 11.6. The van der Waals surface area contributed by atoms with Gasteiger partial charge in [0.15, 0.2) is 13.1 Å². The Morgan fingerprint density at radius 3 is 0.882 bits per heavy atom. The molecule has 1 radical (unpaired) electrons. The van der Waals surface area contributed by atoms with Crippen molar-refractivity contribution in [2.24, 2.45) is 30.6 Å². The molecule has 0 aromatic heterocycles. The molecule has 20 heteroatoms. The van der Waals surface area contributed by atoms with E-state index in [1.54, 1.807) is 107 Å². The summed E-state index contributed by atoms with van der Waals surface area (Å²) in [5.41, 5.74) is 0.541. The predicted molar refractivity (Wildman–Crippen MR) is 209 cm³/mol. The summed E-state index contributed by atoms with van der Waals surface area (Å²) in [6.07, 6.45) is 0. The van der Waals surface area contributed by atoms with Crippen molar-refractivity contribution >= 4 is 101 Å². The van der Waals surface area contributed by atoms with Crippen LogP contribution >= 0.6 is 70.6 Å². The number of aliphatic hydroxyl groups excluding tert-OH is 1. The van der Waals surface area contributed by atoms with E-state index in [1.807, 2.05) is 0 Å². The molecule has 13 nitrogen and oxygen atoms in total. The molecule has 0 aliphatic carbocycles. The van der Waals surface area contributed by atoms with Crippen LogP contribution in [0.25, 0.3) is 0 Å². The molecule has 0 amide bonds. The van der Waals surface area contributed by atoms with Crippen LogP contribution in [0.3, 0.4) is 0 Å². The number of nitrogens with zero attached hydrogens (tertiary/aromatic N) is 6. The van der Waals surface area contributed by atoms with Gasteiger partial charge in [0.05, 0.1) is 0 Å². The number of benzene rings is 3. The second kappa shape index (κ2) is 25.1. The molecule has 0 saturated carbocycles. The monoisotopic (exact) mass is 843 g/mol. The van der Waals surface area contributed by atoms with E-state index in [2.05, 4.69) is 30.6 Å². The summed E-state index contributed by atoms with van der Waals surface area (Å²) in [6.45, 7) is 0. The summed E-state index contributed by atoms with van der Waals surface area (Å²) < 4.78 is 2.43. The van der Waals surface area contributed by atoms with Gasteiger partial charge in [-0.2, -0.15) is 15.3 Å². The third-order valence-electron chi connectivity index (χ3n) is 5.67. The number of hydrogen-bond acceptors (Lipinski definition) is 19. The van der Waals surface area contributed by atoms with Crippen molar-refractivity contribution in [2.45, 2.75) is 0 Å². The van der Waals surface area contributed by atoms with Gasteiger partial charge in [0.25, 0.3) is 0 Å². The molecule has 6 rings (SSSR count). The van der Waals surface area contributed by atoms with Crippen LogP contribution in [0.5, 0.6) is 17.2 Å². The fourth-order valence-electron chi connectivity index (χ4n) is 3.46. The van der Waals surface area contributed by atoms with Crippen LogP contribution in [-0.4, -0.2) is 92.9 Å². The molecule has 0 bridgehead atoms. The summed E-state index contributed by atoms with van der Waals surface area (Å²) in [7, 11) is 1.00. The van der Waals surface area contributed by atoms with Crippen molar-refractivity contribution in [2.75, 3.05) is 41.6 Å². The quantitative estimate of drug-likeness (QED) is 0.159. The van der Waals surface area contributed by atoms with Crippen LogP contribution in [-0.2, 0) is 17.4 Å². The Kier molecular flexibility index (Phi) is 21.8. The number of phenolic OH excluding ortho intramolecular Hbond substituents is 3. The summed E-state index contributed by atoms with van der Waals surface area (Å²) in [4.78, 5) is 0. The van der Waals surface area contributed by atoms with E-state index in [4.69, 9.17) is 5.11 Å². The van der Waals surface area contributed by atoms with Crippen molar-refractivity contribution in [3.63, 3.8) is 0 Å². The van der Waals surface area contributed by atoms with Gasteiger partial charge in [-0.1, -0.05) is 125 Å². The zero-order valence-corrected chi connectivity index (χ0v) is 32.9. The smallest absolute Gasteiger partial charge is 0.857 e. The number of thioether (sulfide) groups is 6. The van der Waals surface area contributed by atoms with Gasteiger partial charge in [-0.25, -0.2) is 0 Å². The minimum atomic E-state index is -0.515. The molecule has 3 aromatic rings. The molecule has 3 saturated heterocycles. The molecule has 3 fully saturated rings. The van der Waals surface area contributed by atoms with Crippen LogP contribution in [0.4, 0.5) is 0 Å². The third-order valence-corrected chi connectivity index (χ3v) is 13.0. The SMILES string of the molecule is CO.[Cr+3].[O-]/C(=N\N=C1SCCS1)c1ccccc1O.[O-]/C(=N\N=C1SCCS1)c1ccccc1O.[O-]/C(=N\N=C1SCCS1)c1ccccc1O. The van der Waals surface area contributed by atoms with Gasteiger partial charge >= 0.3 is 17.4 Å². The number of aromatic hydroxyl groups is 3. The van der Waals surface area contributed by atoms with Crippen LogP contribution < -0.4 is 15.3 Å². The van der Waals surface area contributed by atoms with Crippen LogP contribution in [0.1, 0.15) is 16.7 Å². The van der Waals surface area contributed by atoms with E-state index in [0.717, 1.165) is 54.8 Å². The Hall–Kier alpha value is -2.93. The van der Waals surface area contributed by atoms with Crippen LogP contribution in [0, 0.1) is 0 Å². The number of para-hydroxylation sites is 3. The normalized spacial score (nSPS) is 15.6. The van der Waals surface area contributed by atoms with E-state index in [9.17, 15) is 30.6 Å². The average molecular weight is 844 g/mol. The van der Waals surface area contributed by atoms with Crippen molar-refractivity contribution < 1.29 is 53.1 Å². The Morgan fingerprint density at radius 2 is 0.667 bits per heavy atom. The Balaban J connectivity index is 0.000000256. The second-order valence-electron chi connectivity index (χ2n) is 8.96. The zero-order valence-electron chi connectivity index (χ0n) is 26.7. The van der Waals surface area contributed by atoms with Crippen molar-refractivity contribution in [1.82, 2.24) is 0 Å². The van der Waals surface area contributed by atoms with Crippen molar-refractivity contribution in [3.05, 3.63) is 89.5 Å². The minimum absolute atomic E-state index is 0. The number of phenols is 3. The summed E-state index contributed by atoms with van der Waals surface area (Å²) in [6, 6.07) is 18.9. The second-order valence-corrected chi connectivity index (χ2v) is 16.2. The number of rotatable bonds is 6. The number of hydrogen-bond donors (Lipinski definition) is 4. The van der Waals surface area contributed by atoms with Gasteiger partial charge in [-0.15, -0.1) is 15.3 Å². The maximum absolute atomic E-state index is 11.6. The van der Waals surface area contributed by atoms with E-state index in [0.29, 0.717) is 0 Å². The summed E-state index contributed by atoms with van der Waals surface area (Å²) >= 11 is 9.53. The molecule has 3 heterocycles. The molecule has 0 unspecified atom stereocenters.